The lowest BCUT2D eigenvalue weighted by atomic mass is 10.2. The third kappa shape index (κ3) is 6.57. The Morgan fingerprint density at radius 2 is 2.10 bits per heavy atom. The average molecular weight is 280 g/mol. The van der Waals surface area contributed by atoms with Crippen LogP contribution >= 0.6 is 0 Å². The summed E-state index contributed by atoms with van der Waals surface area (Å²) in [5.41, 5.74) is 0.839. The van der Waals surface area contributed by atoms with E-state index in [1.54, 1.807) is 7.05 Å². The van der Waals surface area contributed by atoms with Crippen molar-refractivity contribution in [3.05, 3.63) is 29.8 Å². The Bertz CT molecular complexity index is 426. The van der Waals surface area contributed by atoms with Crippen molar-refractivity contribution in [3.63, 3.8) is 0 Å². The van der Waals surface area contributed by atoms with Gasteiger partial charge in [-0.15, -0.1) is 0 Å². The lowest BCUT2D eigenvalue weighted by Crippen LogP contribution is -2.08. The normalized spacial score (nSPS) is 12.6. The fourth-order valence-electron chi connectivity index (χ4n) is 1.85. The molecule has 0 aromatic heterocycles. The zero-order valence-corrected chi connectivity index (χ0v) is 12.4. The molecule has 1 aromatic rings. The zero-order valence-electron chi connectivity index (χ0n) is 13.4. The number of carbonyl (C=O) groups excluding carboxylic acids is 1. The molecule has 0 spiro atoms. The monoisotopic (exact) mass is 280 g/mol. The summed E-state index contributed by atoms with van der Waals surface area (Å²) in [6.45, 7) is 2.37. The number of benzene rings is 1. The van der Waals surface area contributed by atoms with Crippen molar-refractivity contribution in [1.82, 2.24) is 5.32 Å². The predicted molar refractivity (Wildman–Crippen MR) is 79.8 cm³/mol. The molecule has 112 valence electrons. The Morgan fingerprint density at radius 3 is 2.85 bits per heavy atom. The molecule has 1 rings (SSSR count). The van der Waals surface area contributed by atoms with E-state index in [9.17, 15) is 4.79 Å². The van der Waals surface area contributed by atoms with Gasteiger partial charge in [-0.25, -0.2) is 0 Å². The Morgan fingerprint density at radius 1 is 1.30 bits per heavy atom. The lowest BCUT2D eigenvalue weighted by Gasteiger charge is -2.11. The number of ether oxygens (including phenoxy) is 2. The number of rotatable bonds is 10. The van der Waals surface area contributed by atoms with Crippen LogP contribution in [0.3, 0.4) is 0 Å². The molecule has 0 fully saturated rings. The summed E-state index contributed by atoms with van der Waals surface area (Å²) in [5, 5.41) is 2.89. The van der Waals surface area contributed by atoms with Gasteiger partial charge in [-0.05, 0) is 39.3 Å². The predicted octanol–water partition coefficient (Wildman–Crippen LogP) is 2.91. The van der Waals surface area contributed by atoms with Gasteiger partial charge in [0.05, 0.1) is 13.2 Å². The van der Waals surface area contributed by atoms with E-state index >= 15 is 0 Å². The number of esters is 1. The van der Waals surface area contributed by atoms with Gasteiger partial charge in [0.1, 0.15) is 5.75 Å². The third-order valence-corrected chi connectivity index (χ3v) is 2.81. The highest BCUT2D eigenvalue weighted by Crippen LogP contribution is 2.18. The van der Waals surface area contributed by atoms with E-state index < -0.39 is 6.52 Å². The van der Waals surface area contributed by atoms with Crippen molar-refractivity contribution in [2.24, 2.45) is 0 Å². The van der Waals surface area contributed by atoms with Gasteiger partial charge in [0.25, 0.3) is 0 Å². The molecule has 4 nitrogen and oxygen atoms in total. The van der Waals surface area contributed by atoms with Crippen molar-refractivity contribution in [2.45, 2.75) is 39.1 Å². The summed E-state index contributed by atoms with van der Waals surface area (Å²) in [6, 6.07) is 7.58. The van der Waals surface area contributed by atoms with Crippen LogP contribution < -0.4 is 10.1 Å². The number of hydrogen-bond acceptors (Lipinski definition) is 4. The molecule has 0 amide bonds. The maximum absolute atomic E-state index is 11.2. The molecule has 0 heterocycles. The Labute approximate surface area is 122 Å². The van der Waals surface area contributed by atoms with Gasteiger partial charge in [0.2, 0.25) is 0 Å². The van der Waals surface area contributed by atoms with E-state index in [4.69, 9.17) is 10.8 Å². The maximum Gasteiger partial charge on any atom is 0.305 e. The van der Waals surface area contributed by atoms with Gasteiger partial charge in [0, 0.05) is 19.9 Å². The Kier molecular flexibility index (Phi) is 7.62. The first-order valence-corrected chi connectivity index (χ1v) is 7.16. The topological polar surface area (TPSA) is 47.6 Å². The van der Waals surface area contributed by atoms with Crippen LogP contribution in [0.5, 0.6) is 5.75 Å². The van der Waals surface area contributed by atoms with Crippen molar-refractivity contribution in [3.8, 4) is 5.75 Å². The number of unbranched alkanes of at least 4 members (excludes halogenated alkanes) is 2. The van der Waals surface area contributed by atoms with E-state index in [1.165, 1.54) is 0 Å². The molecular formula is C16H25NO3. The second-order valence-electron chi connectivity index (χ2n) is 4.43. The SMILES string of the molecule is [2H]C(NC)c1ccccc1OCCCCCC(=O)OCC. The number of nitrogens with one attached hydrogen (secondary N) is 1. The van der Waals surface area contributed by atoms with Crippen LogP contribution in [-0.2, 0) is 16.1 Å². The highest BCUT2D eigenvalue weighted by molar-refractivity contribution is 5.69. The molecule has 0 bridgehead atoms. The number of carbonyl (C=O) groups is 1. The molecule has 0 aliphatic heterocycles. The van der Waals surface area contributed by atoms with Crippen molar-refractivity contribution in [1.29, 1.82) is 0 Å². The largest absolute Gasteiger partial charge is 0.493 e. The maximum atomic E-state index is 11.2. The van der Waals surface area contributed by atoms with E-state index in [0.29, 0.717) is 19.6 Å². The molecule has 1 atom stereocenters. The second kappa shape index (κ2) is 10.3. The van der Waals surface area contributed by atoms with Crippen LogP contribution in [0, 0.1) is 0 Å². The van der Waals surface area contributed by atoms with Crippen molar-refractivity contribution >= 4 is 5.97 Å². The van der Waals surface area contributed by atoms with Crippen LogP contribution in [0.4, 0.5) is 0 Å². The first-order chi connectivity index (χ1) is 10.2. The number of hydrogen-bond donors (Lipinski definition) is 1. The van der Waals surface area contributed by atoms with Crippen LogP contribution in [-0.4, -0.2) is 26.2 Å². The molecule has 0 saturated carbocycles. The molecule has 1 aromatic carbocycles. The zero-order chi connectivity index (χ0) is 15.5. The molecule has 0 aliphatic carbocycles. The number of para-hydroxylation sites is 1. The molecule has 1 unspecified atom stereocenters. The van der Waals surface area contributed by atoms with Crippen LogP contribution in [0.25, 0.3) is 0 Å². The smallest absolute Gasteiger partial charge is 0.305 e. The van der Waals surface area contributed by atoms with Gasteiger partial charge in [-0.3, -0.25) is 4.79 Å². The summed E-state index contributed by atoms with van der Waals surface area (Å²) in [4.78, 5) is 11.2. The highest BCUT2D eigenvalue weighted by Gasteiger charge is 2.03. The molecular weight excluding hydrogens is 254 g/mol. The standard InChI is InChI=1S/C16H25NO3/c1-3-19-16(18)11-5-4-8-12-20-15-10-7-6-9-14(15)13-17-2/h6-7,9-10,17H,3-5,8,11-13H2,1-2H3/i13D. The average Bonchev–Trinajstić information content (AvgIpc) is 2.50. The van der Waals surface area contributed by atoms with Crippen molar-refractivity contribution < 1.29 is 15.6 Å². The summed E-state index contributed by atoms with van der Waals surface area (Å²) >= 11 is 0. The highest BCUT2D eigenvalue weighted by atomic mass is 16.5. The third-order valence-electron chi connectivity index (χ3n) is 2.81. The quantitative estimate of drug-likeness (QED) is 0.529. The first-order valence-electron chi connectivity index (χ1n) is 7.73. The minimum absolute atomic E-state index is 0.130. The summed E-state index contributed by atoms with van der Waals surface area (Å²) < 4.78 is 18.5. The van der Waals surface area contributed by atoms with Gasteiger partial charge >= 0.3 is 5.97 Å². The molecule has 0 saturated heterocycles. The van der Waals surface area contributed by atoms with Crippen LogP contribution in [0.15, 0.2) is 24.3 Å². The second-order valence-corrected chi connectivity index (χ2v) is 4.43. The Balaban J connectivity index is 2.25. The van der Waals surface area contributed by atoms with Gasteiger partial charge in [-0.2, -0.15) is 0 Å². The fourth-order valence-corrected chi connectivity index (χ4v) is 1.85. The van der Waals surface area contributed by atoms with Crippen molar-refractivity contribution in [2.75, 3.05) is 20.3 Å². The van der Waals surface area contributed by atoms with Gasteiger partial charge in [-0.1, -0.05) is 18.2 Å². The molecule has 0 aliphatic rings. The minimum Gasteiger partial charge on any atom is -0.493 e. The summed E-state index contributed by atoms with van der Waals surface area (Å²) in [5.74, 6) is 0.618. The van der Waals surface area contributed by atoms with E-state index in [-0.39, 0.29) is 5.97 Å². The van der Waals surface area contributed by atoms with E-state index in [2.05, 4.69) is 5.32 Å². The first kappa shape index (κ1) is 14.9. The molecule has 0 radical (unpaired) electrons. The Hall–Kier alpha value is -1.55. The van der Waals surface area contributed by atoms with Gasteiger partial charge < -0.3 is 14.8 Å². The lowest BCUT2D eigenvalue weighted by molar-refractivity contribution is -0.143. The van der Waals surface area contributed by atoms with Crippen LogP contribution in [0.2, 0.25) is 0 Å². The summed E-state index contributed by atoms with van der Waals surface area (Å²) in [7, 11) is 1.75. The van der Waals surface area contributed by atoms with E-state index in [0.717, 1.165) is 30.6 Å². The summed E-state index contributed by atoms with van der Waals surface area (Å²) in [6.07, 6.45) is 3.10. The molecule has 20 heavy (non-hydrogen) atoms. The fraction of sp³-hybridized carbons (Fsp3) is 0.562. The molecule has 4 heteroatoms. The van der Waals surface area contributed by atoms with Gasteiger partial charge in [0.15, 0.2) is 0 Å². The van der Waals surface area contributed by atoms with E-state index in [1.807, 2.05) is 31.2 Å². The minimum atomic E-state index is -0.481. The van der Waals surface area contributed by atoms with Crippen LogP contribution in [0.1, 0.15) is 39.5 Å². The molecule has 1 N–H and O–H groups in total.